The minimum absolute atomic E-state index is 0.656. The molecule has 1 unspecified atom stereocenters. The summed E-state index contributed by atoms with van der Waals surface area (Å²) in [4.78, 5) is 2.22. The molecule has 0 heterocycles. The van der Waals surface area contributed by atoms with E-state index in [0.29, 0.717) is 6.04 Å². The Labute approximate surface area is 113 Å². The molecule has 0 aliphatic heterocycles. The number of hydrogen-bond donors (Lipinski definition) is 1. The highest BCUT2D eigenvalue weighted by Crippen LogP contribution is 2.24. The highest BCUT2D eigenvalue weighted by atomic mass is 79.9. The molecule has 0 saturated carbocycles. The summed E-state index contributed by atoms with van der Waals surface area (Å²) in [6, 6.07) is 7.34. The van der Waals surface area contributed by atoms with Crippen molar-refractivity contribution in [2.75, 3.05) is 27.2 Å². The van der Waals surface area contributed by atoms with E-state index in [1.54, 1.807) is 0 Å². The fraction of sp³-hybridized carbons (Fsp3) is 0.571. The summed E-state index contributed by atoms with van der Waals surface area (Å²) in [6.07, 6.45) is 3.64. The fourth-order valence-electron chi connectivity index (χ4n) is 2.39. The first-order valence-electron chi connectivity index (χ1n) is 6.30. The number of rotatable bonds is 4. The Hall–Kier alpha value is -0.380. The summed E-state index contributed by atoms with van der Waals surface area (Å²) < 4.78 is 1.20. The van der Waals surface area contributed by atoms with Gasteiger partial charge in [0.15, 0.2) is 0 Å². The molecule has 0 fully saturated rings. The van der Waals surface area contributed by atoms with Crippen molar-refractivity contribution in [3.05, 3.63) is 33.8 Å². The van der Waals surface area contributed by atoms with E-state index in [1.807, 2.05) is 0 Å². The van der Waals surface area contributed by atoms with E-state index in [9.17, 15) is 0 Å². The van der Waals surface area contributed by atoms with Crippen molar-refractivity contribution in [1.29, 1.82) is 0 Å². The van der Waals surface area contributed by atoms with Crippen LogP contribution >= 0.6 is 15.9 Å². The minimum Gasteiger partial charge on any atom is -0.312 e. The Bertz CT molecular complexity index is 376. The van der Waals surface area contributed by atoms with Gasteiger partial charge in [-0.2, -0.15) is 0 Å². The molecule has 94 valence electrons. The highest BCUT2D eigenvalue weighted by Gasteiger charge is 2.17. The Morgan fingerprint density at radius 1 is 1.35 bits per heavy atom. The van der Waals surface area contributed by atoms with E-state index in [0.717, 1.165) is 13.1 Å². The van der Waals surface area contributed by atoms with Crippen molar-refractivity contribution in [2.45, 2.75) is 25.3 Å². The normalized spacial score (nSPS) is 19.4. The van der Waals surface area contributed by atoms with Crippen LogP contribution in [0.2, 0.25) is 0 Å². The van der Waals surface area contributed by atoms with E-state index in [-0.39, 0.29) is 0 Å². The molecule has 1 N–H and O–H groups in total. The molecule has 3 heteroatoms. The second kappa shape index (κ2) is 5.98. The summed E-state index contributed by atoms with van der Waals surface area (Å²) >= 11 is 3.54. The average molecular weight is 297 g/mol. The van der Waals surface area contributed by atoms with Gasteiger partial charge in [0.05, 0.1) is 0 Å². The van der Waals surface area contributed by atoms with Crippen molar-refractivity contribution in [1.82, 2.24) is 10.2 Å². The molecule has 1 aliphatic rings. The van der Waals surface area contributed by atoms with Gasteiger partial charge in [-0.1, -0.05) is 22.0 Å². The second-order valence-corrected chi connectivity index (χ2v) is 6.03. The second-order valence-electron chi connectivity index (χ2n) is 5.11. The maximum absolute atomic E-state index is 3.66. The predicted octanol–water partition coefficient (Wildman–Crippen LogP) is 2.46. The first kappa shape index (κ1) is 13.1. The van der Waals surface area contributed by atoms with Crippen molar-refractivity contribution < 1.29 is 0 Å². The van der Waals surface area contributed by atoms with Crippen LogP contribution in [0.3, 0.4) is 0 Å². The van der Waals surface area contributed by atoms with Crippen LogP contribution in [-0.2, 0) is 12.8 Å². The zero-order chi connectivity index (χ0) is 12.3. The third kappa shape index (κ3) is 3.80. The van der Waals surface area contributed by atoms with Gasteiger partial charge in [-0.05, 0) is 56.6 Å². The number of likely N-dealkylation sites (N-methyl/N-ethyl adjacent to an activating group) is 1. The van der Waals surface area contributed by atoms with Crippen molar-refractivity contribution >= 4 is 15.9 Å². The smallest absolute Gasteiger partial charge is 0.0178 e. The third-order valence-electron chi connectivity index (χ3n) is 3.39. The number of hydrogen-bond acceptors (Lipinski definition) is 2. The molecular weight excluding hydrogens is 276 g/mol. The van der Waals surface area contributed by atoms with Crippen LogP contribution in [0.1, 0.15) is 17.5 Å². The van der Waals surface area contributed by atoms with Crippen molar-refractivity contribution in [2.24, 2.45) is 0 Å². The van der Waals surface area contributed by atoms with Gasteiger partial charge in [0.2, 0.25) is 0 Å². The lowest BCUT2D eigenvalue weighted by molar-refractivity contribution is 0.371. The lowest BCUT2D eigenvalue weighted by Crippen LogP contribution is -2.38. The molecule has 0 amide bonds. The Morgan fingerprint density at radius 3 is 2.94 bits per heavy atom. The number of fused-ring (bicyclic) bond motifs is 1. The molecule has 0 spiro atoms. The van der Waals surface area contributed by atoms with Crippen molar-refractivity contribution in [3.63, 3.8) is 0 Å². The number of nitrogens with one attached hydrogen (secondary N) is 1. The minimum atomic E-state index is 0.656. The van der Waals surface area contributed by atoms with Crippen molar-refractivity contribution in [3.8, 4) is 0 Å². The molecular formula is C14H21BrN2. The monoisotopic (exact) mass is 296 g/mol. The van der Waals surface area contributed by atoms with Gasteiger partial charge in [0.25, 0.3) is 0 Å². The number of halogens is 1. The summed E-state index contributed by atoms with van der Waals surface area (Å²) in [6.45, 7) is 2.20. The first-order chi connectivity index (χ1) is 8.15. The molecule has 2 nitrogen and oxygen atoms in total. The quantitative estimate of drug-likeness (QED) is 0.918. The Balaban J connectivity index is 1.88. The summed E-state index contributed by atoms with van der Waals surface area (Å²) in [7, 11) is 4.24. The summed E-state index contributed by atoms with van der Waals surface area (Å²) in [5.41, 5.74) is 3.03. The number of aryl methyl sites for hydroxylation is 1. The third-order valence-corrected chi connectivity index (χ3v) is 3.88. The van der Waals surface area contributed by atoms with Crippen LogP contribution in [0, 0.1) is 0 Å². The van der Waals surface area contributed by atoms with Gasteiger partial charge < -0.3 is 10.2 Å². The molecule has 1 aliphatic carbocycles. The van der Waals surface area contributed by atoms with E-state index >= 15 is 0 Å². The lowest BCUT2D eigenvalue weighted by atomic mass is 9.88. The molecule has 2 rings (SSSR count). The van der Waals surface area contributed by atoms with Crippen LogP contribution in [0.4, 0.5) is 0 Å². The largest absolute Gasteiger partial charge is 0.312 e. The SMILES string of the molecule is CN(C)CCNC1CCc2cc(Br)ccc2C1. The predicted molar refractivity (Wildman–Crippen MR) is 76.5 cm³/mol. The molecule has 0 saturated heterocycles. The van der Waals surface area contributed by atoms with Gasteiger partial charge in [-0.25, -0.2) is 0 Å². The molecule has 1 aromatic carbocycles. The zero-order valence-electron chi connectivity index (χ0n) is 10.7. The van der Waals surface area contributed by atoms with Crippen LogP contribution in [0.25, 0.3) is 0 Å². The van der Waals surface area contributed by atoms with Crippen LogP contribution in [-0.4, -0.2) is 38.1 Å². The van der Waals surface area contributed by atoms with Crippen LogP contribution < -0.4 is 5.32 Å². The van der Waals surface area contributed by atoms with Crippen LogP contribution in [0.15, 0.2) is 22.7 Å². The Kier molecular flexibility index (Phi) is 4.60. The first-order valence-corrected chi connectivity index (χ1v) is 7.10. The topological polar surface area (TPSA) is 15.3 Å². The lowest BCUT2D eigenvalue weighted by Gasteiger charge is -2.26. The average Bonchev–Trinajstić information content (AvgIpc) is 2.29. The number of benzene rings is 1. The van der Waals surface area contributed by atoms with Gasteiger partial charge in [-0.3, -0.25) is 0 Å². The van der Waals surface area contributed by atoms with Crippen LogP contribution in [0.5, 0.6) is 0 Å². The molecule has 1 atom stereocenters. The van der Waals surface area contributed by atoms with Gasteiger partial charge in [0.1, 0.15) is 0 Å². The number of nitrogens with zero attached hydrogens (tertiary/aromatic N) is 1. The maximum Gasteiger partial charge on any atom is 0.0178 e. The molecule has 0 bridgehead atoms. The van der Waals surface area contributed by atoms with Gasteiger partial charge >= 0.3 is 0 Å². The molecule has 17 heavy (non-hydrogen) atoms. The van der Waals surface area contributed by atoms with E-state index < -0.39 is 0 Å². The molecule has 1 aromatic rings. The zero-order valence-corrected chi connectivity index (χ0v) is 12.3. The van der Waals surface area contributed by atoms with Gasteiger partial charge in [0, 0.05) is 23.6 Å². The van der Waals surface area contributed by atoms with E-state index in [2.05, 4.69) is 58.4 Å². The summed E-state index contributed by atoms with van der Waals surface area (Å²) in [5.74, 6) is 0. The van der Waals surface area contributed by atoms with E-state index in [4.69, 9.17) is 0 Å². The molecule has 0 radical (unpaired) electrons. The standard InChI is InChI=1S/C14H21BrN2/c1-17(2)8-7-16-14-6-4-11-9-13(15)5-3-12(11)10-14/h3,5,9,14,16H,4,6-8,10H2,1-2H3. The fourth-order valence-corrected chi connectivity index (χ4v) is 2.80. The highest BCUT2D eigenvalue weighted by molar-refractivity contribution is 9.10. The molecule has 0 aromatic heterocycles. The maximum atomic E-state index is 3.66. The Morgan fingerprint density at radius 2 is 2.18 bits per heavy atom. The van der Waals surface area contributed by atoms with E-state index in [1.165, 1.54) is 34.9 Å². The summed E-state index contributed by atoms with van der Waals surface area (Å²) in [5, 5.41) is 3.66. The van der Waals surface area contributed by atoms with Gasteiger partial charge in [-0.15, -0.1) is 0 Å².